The lowest BCUT2D eigenvalue weighted by molar-refractivity contribution is -0.0250. The quantitative estimate of drug-likeness (QED) is 0.714. The van der Waals surface area contributed by atoms with Gasteiger partial charge in [-0.3, -0.25) is 9.78 Å². The summed E-state index contributed by atoms with van der Waals surface area (Å²) in [5.41, 5.74) is 1.69. The Morgan fingerprint density at radius 2 is 1.90 bits per heavy atom. The number of nitrogens with zero attached hydrogens (tertiary/aromatic N) is 2. The Kier molecular flexibility index (Phi) is 5.30. The Morgan fingerprint density at radius 1 is 1.10 bits per heavy atom. The van der Waals surface area contributed by atoms with Crippen molar-refractivity contribution in [1.29, 1.82) is 0 Å². The van der Waals surface area contributed by atoms with E-state index >= 15 is 0 Å². The number of rotatable bonds is 3. The number of aliphatic hydroxyl groups is 2. The lowest BCUT2D eigenvalue weighted by Gasteiger charge is -2.24. The van der Waals surface area contributed by atoms with Crippen molar-refractivity contribution in [3.8, 4) is 11.1 Å². The minimum atomic E-state index is -1.10. The third-order valence-corrected chi connectivity index (χ3v) is 5.64. The number of aromatic nitrogens is 1. The summed E-state index contributed by atoms with van der Waals surface area (Å²) in [7, 11) is 0. The predicted molar refractivity (Wildman–Crippen MR) is 109 cm³/mol. The van der Waals surface area contributed by atoms with Gasteiger partial charge in [-0.25, -0.2) is 4.39 Å². The molecule has 1 aromatic heterocycles. The average Bonchev–Trinajstić information content (AvgIpc) is 2.96. The van der Waals surface area contributed by atoms with Crippen LogP contribution in [0.4, 0.5) is 4.39 Å². The molecule has 4 rings (SSSR count). The molecule has 2 N–H and O–H groups in total. The number of benzene rings is 2. The average molecular weight is 394 g/mol. The highest BCUT2D eigenvalue weighted by molar-refractivity contribution is 5.95. The Hall–Kier alpha value is -2.83. The Balaban J connectivity index is 1.53. The maximum atomic E-state index is 14.0. The summed E-state index contributed by atoms with van der Waals surface area (Å²) in [5.74, 6) is -0.408. The molecule has 0 radical (unpaired) electrons. The molecular weight excluding hydrogens is 371 g/mol. The highest BCUT2D eigenvalue weighted by Gasteiger charge is 2.31. The van der Waals surface area contributed by atoms with E-state index in [-0.39, 0.29) is 18.3 Å². The molecule has 5 nitrogen and oxygen atoms in total. The Morgan fingerprint density at radius 3 is 2.66 bits per heavy atom. The van der Waals surface area contributed by atoms with Gasteiger partial charge in [-0.1, -0.05) is 18.2 Å². The largest absolute Gasteiger partial charge is 0.393 e. The molecule has 150 valence electrons. The lowest BCUT2D eigenvalue weighted by Crippen LogP contribution is -2.36. The number of aliphatic hydroxyl groups excluding tert-OH is 1. The van der Waals surface area contributed by atoms with Crippen LogP contribution in [0.1, 0.15) is 29.6 Å². The summed E-state index contributed by atoms with van der Waals surface area (Å²) in [5, 5.41) is 20.1. The van der Waals surface area contributed by atoms with Crippen LogP contribution in [0, 0.1) is 5.82 Å². The Labute approximate surface area is 168 Å². The Bertz CT molecular complexity index is 1040. The first-order valence-corrected chi connectivity index (χ1v) is 9.76. The zero-order valence-electron chi connectivity index (χ0n) is 16.0. The lowest BCUT2D eigenvalue weighted by atomic mass is 9.96. The maximum absolute atomic E-state index is 14.0. The highest BCUT2D eigenvalue weighted by Crippen LogP contribution is 2.26. The first kappa shape index (κ1) is 19.5. The molecule has 1 saturated heterocycles. The van der Waals surface area contributed by atoms with E-state index in [0.717, 1.165) is 11.1 Å². The van der Waals surface area contributed by atoms with Gasteiger partial charge in [0, 0.05) is 35.8 Å². The molecule has 29 heavy (non-hydrogen) atoms. The minimum Gasteiger partial charge on any atom is -0.393 e. The van der Waals surface area contributed by atoms with E-state index < -0.39 is 5.60 Å². The van der Waals surface area contributed by atoms with Crippen molar-refractivity contribution in [2.75, 3.05) is 19.7 Å². The maximum Gasteiger partial charge on any atom is 0.253 e. The molecule has 2 aromatic carbocycles. The van der Waals surface area contributed by atoms with Crippen LogP contribution in [0.2, 0.25) is 0 Å². The molecule has 1 fully saturated rings. The summed E-state index contributed by atoms with van der Waals surface area (Å²) in [6, 6.07) is 13.8. The molecule has 1 unspecified atom stereocenters. The van der Waals surface area contributed by atoms with Crippen molar-refractivity contribution in [2.45, 2.75) is 24.9 Å². The van der Waals surface area contributed by atoms with Crippen LogP contribution < -0.4 is 0 Å². The van der Waals surface area contributed by atoms with E-state index in [1.54, 1.807) is 41.4 Å². The van der Waals surface area contributed by atoms with Crippen LogP contribution in [0.25, 0.3) is 22.0 Å². The number of amides is 1. The molecule has 0 aliphatic carbocycles. The van der Waals surface area contributed by atoms with E-state index in [1.807, 2.05) is 12.1 Å². The van der Waals surface area contributed by atoms with E-state index in [9.17, 15) is 19.4 Å². The van der Waals surface area contributed by atoms with Crippen LogP contribution in [-0.2, 0) is 0 Å². The summed E-state index contributed by atoms with van der Waals surface area (Å²) in [6.45, 7) is 0.673. The summed E-state index contributed by atoms with van der Waals surface area (Å²) in [6.07, 6.45) is 3.19. The van der Waals surface area contributed by atoms with Crippen molar-refractivity contribution in [3.05, 3.63) is 66.1 Å². The van der Waals surface area contributed by atoms with Gasteiger partial charge in [0.25, 0.3) is 5.91 Å². The van der Waals surface area contributed by atoms with Gasteiger partial charge in [-0.05, 0) is 55.2 Å². The number of halogens is 1. The van der Waals surface area contributed by atoms with E-state index in [4.69, 9.17) is 0 Å². The van der Waals surface area contributed by atoms with Crippen molar-refractivity contribution in [2.24, 2.45) is 0 Å². The third-order valence-electron chi connectivity index (χ3n) is 5.64. The second kappa shape index (κ2) is 7.89. The van der Waals surface area contributed by atoms with Crippen molar-refractivity contribution in [1.82, 2.24) is 9.88 Å². The van der Waals surface area contributed by atoms with Crippen LogP contribution in [0.5, 0.6) is 0 Å². The fourth-order valence-electron chi connectivity index (χ4n) is 3.80. The number of pyridine rings is 1. The SMILES string of the molecule is O=C(c1ccc(-c2cnc3cccc(F)c3c2)cc1)N1CCCC(O)(CO)CC1. The molecule has 1 aliphatic heterocycles. The first-order valence-electron chi connectivity index (χ1n) is 9.76. The zero-order chi connectivity index (χ0) is 20.4. The molecule has 0 spiro atoms. The zero-order valence-corrected chi connectivity index (χ0v) is 16.0. The smallest absolute Gasteiger partial charge is 0.253 e. The second-order valence-corrected chi connectivity index (χ2v) is 7.64. The van der Waals surface area contributed by atoms with Gasteiger partial charge in [0.05, 0.1) is 17.7 Å². The standard InChI is InChI=1S/C23H23FN2O3/c24-20-3-1-4-21-19(20)13-18(14-25-21)16-5-7-17(8-6-16)22(28)26-11-2-9-23(29,15-27)10-12-26/h1,3-8,13-14,27,29H,2,9-12,15H2. The monoisotopic (exact) mass is 394 g/mol. The van der Waals surface area contributed by atoms with Crippen LogP contribution >= 0.6 is 0 Å². The molecule has 6 heteroatoms. The van der Waals surface area contributed by atoms with Gasteiger partial charge in [-0.15, -0.1) is 0 Å². The highest BCUT2D eigenvalue weighted by atomic mass is 19.1. The topological polar surface area (TPSA) is 73.7 Å². The van der Waals surface area contributed by atoms with E-state index in [2.05, 4.69) is 4.98 Å². The van der Waals surface area contributed by atoms with Crippen LogP contribution in [0.3, 0.4) is 0 Å². The molecule has 2 heterocycles. The van der Waals surface area contributed by atoms with Gasteiger partial charge >= 0.3 is 0 Å². The number of likely N-dealkylation sites (tertiary alicyclic amines) is 1. The van der Waals surface area contributed by atoms with Crippen molar-refractivity contribution < 1.29 is 19.4 Å². The molecule has 1 atom stereocenters. The molecule has 0 bridgehead atoms. The number of hydrogen-bond acceptors (Lipinski definition) is 4. The molecule has 0 saturated carbocycles. The second-order valence-electron chi connectivity index (χ2n) is 7.64. The van der Waals surface area contributed by atoms with Crippen molar-refractivity contribution in [3.63, 3.8) is 0 Å². The van der Waals surface area contributed by atoms with Gasteiger partial charge in [-0.2, -0.15) is 0 Å². The summed E-state index contributed by atoms with van der Waals surface area (Å²) < 4.78 is 14.0. The fourth-order valence-corrected chi connectivity index (χ4v) is 3.80. The third kappa shape index (κ3) is 3.99. The van der Waals surface area contributed by atoms with Gasteiger partial charge < -0.3 is 15.1 Å². The molecule has 1 aliphatic rings. The van der Waals surface area contributed by atoms with Crippen molar-refractivity contribution >= 4 is 16.8 Å². The number of hydrogen-bond donors (Lipinski definition) is 2. The number of carbonyl (C=O) groups is 1. The minimum absolute atomic E-state index is 0.0959. The summed E-state index contributed by atoms with van der Waals surface area (Å²) >= 11 is 0. The van der Waals surface area contributed by atoms with Gasteiger partial charge in [0.1, 0.15) is 5.82 Å². The summed E-state index contributed by atoms with van der Waals surface area (Å²) in [4.78, 5) is 18.9. The number of carbonyl (C=O) groups excluding carboxylic acids is 1. The molecule has 1 amide bonds. The van der Waals surface area contributed by atoms with Crippen LogP contribution in [-0.4, -0.2) is 51.3 Å². The first-order chi connectivity index (χ1) is 14.0. The predicted octanol–water partition coefficient (Wildman–Crippen LogP) is 3.39. The molecular formula is C23H23FN2O3. The fraction of sp³-hybridized carbons (Fsp3) is 0.304. The van der Waals surface area contributed by atoms with Gasteiger partial charge in [0.2, 0.25) is 0 Å². The van der Waals surface area contributed by atoms with Crippen LogP contribution in [0.15, 0.2) is 54.7 Å². The number of fused-ring (bicyclic) bond motifs is 1. The molecule has 3 aromatic rings. The van der Waals surface area contributed by atoms with E-state index in [1.165, 1.54) is 6.07 Å². The normalized spacial score (nSPS) is 19.9. The van der Waals surface area contributed by atoms with Gasteiger partial charge in [0.15, 0.2) is 0 Å². The van der Waals surface area contributed by atoms with E-state index in [0.29, 0.717) is 48.8 Å².